The van der Waals surface area contributed by atoms with Crippen molar-refractivity contribution in [3.05, 3.63) is 34.9 Å². The van der Waals surface area contributed by atoms with Crippen LogP contribution in [-0.4, -0.2) is 24.4 Å². The van der Waals surface area contributed by atoms with E-state index in [2.05, 4.69) is 17.6 Å². The molecule has 4 nitrogen and oxygen atoms in total. The molecular formula is C17H23ClN2O2. The highest BCUT2D eigenvalue weighted by Gasteiger charge is 2.25. The molecule has 1 aliphatic carbocycles. The summed E-state index contributed by atoms with van der Waals surface area (Å²) in [5.74, 6) is -0.624. The molecule has 0 aromatic heterocycles. The van der Waals surface area contributed by atoms with Gasteiger partial charge in [-0.2, -0.15) is 0 Å². The summed E-state index contributed by atoms with van der Waals surface area (Å²) < 4.78 is 0. The number of benzene rings is 1. The number of halogens is 1. The molecule has 0 radical (unpaired) electrons. The molecule has 22 heavy (non-hydrogen) atoms. The van der Waals surface area contributed by atoms with Crippen LogP contribution in [0.25, 0.3) is 0 Å². The first kappa shape index (κ1) is 16.8. The molecular weight excluding hydrogens is 300 g/mol. The molecule has 5 heteroatoms. The van der Waals surface area contributed by atoms with E-state index >= 15 is 0 Å². The summed E-state index contributed by atoms with van der Waals surface area (Å²) in [6.07, 6.45) is 5.08. The SMILES string of the molecule is C[C@@H]1CCCC[C@H]1NC(=O)C(=O)NCCc1ccc(Cl)cc1. The van der Waals surface area contributed by atoms with Gasteiger partial charge in [0.05, 0.1) is 0 Å². The van der Waals surface area contributed by atoms with Crippen molar-refractivity contribution < 1.29 is 9.59 Å². The number of carbonyl (C=O) groups excluding carboxylic acids is 2. The molecule has 2 N–H and O–H groups in total. The Balaban J connectivity index is 1.72. The molecule has 1 aromatic carbocycles. The lowest BCUT2D eigenvalue weighted by Crippen LogP contribution is -2.48. The van der Waals surface area contributed by atoms with Crippen molar-refractivity contribution in [3.63, 3.8) is 0 Å². The Kier molecular flexibility index (Phi) is 6.25. The zero-order valence-electron chi connectivity index (χ0n) is 12.9. The quantitative estimate of drug-likeness (QED) is 0.837. The molecule has 0 bridgehead atoms. The summed E-state index contributed by atoms with van der Waals surface area (Å²) in [7, 11) is 0. The van der Waals surface area contributed by atoms with Gasteiger partial charge in [-0.1, -0.05) is 43.5 Å². The number of hydrogen-bond donors (Lipinski definition) is 2. The first-order valence-electron chi connectivity index (χ1n) is 7.89. The minimum absolute atomic E-state index is 0.128. The van der Waals surface area contributed by atoms with Crippen LogP contribution < -0.4 is 10.6 Å². The summed E-state index contributed by atoms with van der Waals surface area (Å²) >= 11 is 5.82. The Bertz CT molecular complexity index is 516. The van der Waals surface area contributed by atoms with Gasteiger partial charge in [0.2, 0.25) is 0 Å². The van der Waals surface area contributed by atoms with E-state index in [-0.39, 0.29) is 6.04 Å². The van der Waals surface area contributed by atoms with Crippen LogP contribution in [0.4, 0.5) is 0 Å². The molecule has 0 heterocycles. The van der Waals surface area contributed by atoms with Gasteiger partial charge in [-0.15, -0.1) is 0 Å². The van der Waals surface area contributed by atoms with E-state index in [1.54, 1.807) is 0 Å². The van der Waals surface area contributed by atoms with Crippen LogP contribution in [0.1, 0.15) is 38.2 Å². The van der Waals surface area contributed by atoms with Gasteiger partial charge in [-0.25, -0.2) is 0 Å². The van der Waals surface area contributed by atoms with E-state index in [9.17, 15) is 9.59 Å². The monoisotopic (exact) mass is 322 g/mol. The number of carbonyl (C=O) groups is 2. The lowest BCUT2D eigenvalue weighted by atomic mass is 9.86. The lowest BCUT2D eigenvalue weighted by molar-refractivity contribution is -0.139. The Morgan fingerprint density at radius 3 is 2.50 bits per heavy atom. The number of rotatable bonds is 4. The van der Waals surface area contributed by atoms with Crippen molar-refractivity contribution in [3.8, 4) is 0 Å². The third-order valence-corrected chi connectivity index (χ3v) is 4.50. The zero-order valence-corrected chi connectivity index (χ0v) is 13.7. The highest BCUT2D eigenvalue weighted by Crippen LogP contribution is 2.23. The largest absolute Gasteiger partial charge is 0.348 e. The van der Waals surface area contributed by atoms with Crippen LogP contribution in [0.2, 0.25) is 5.02 Å². The molecule has 2 amide bonds. The standard InChI is InChI=1S/C17H23ClN2O2/c1-12-4-2-3-5-15(12)20-17(22)16(21)19-11-10-13-6-8-14(18)9-7-13/h6-9,12,15H,2-5,10-11H2,1H3,(H,19,21)(H,20,22)/t12-,15-/m1/s1. The van der Waals surface area contributed by atoms with Crippen LogP contribution in [0.15, 0.2) is 24.3 Å². The van der Waals surface area contributed by atoms with Crippen molar-refractivity contribution in [1.29, 1.82) is 0 Å². The minimum Gasteiger partial charge on any atom is -0.348 e. The van der Waals surface area contributed by atoms with E-state index in [1.807, 2.05) is 24.3 Å². The van der Waals surface area contributed by atoms with E-state index < -0.39 is 11.8 Å². The first-order valence-corrected chi connectivity index (χ1v) is 8.27. The average molecular weight is 323 g/mol. The third kappa shape index (κ3) is 5.02. The van der Waals surface area contributed by atoms with E-state index in [0.29, 0.717) is 23.9 Å². The maximum atomic E-state index is 11.9. The van der Waals surface area contributed by atoms with Crippen molar-refractivity contribution >= 4 is 23.4 Å². The Hall–Kier alpha value is -1.55. The fraction of sp³-hybridized carbons (Fsp3) is 0.529. The molecule has 1 fully saturated rings. The van der Waals surface area contributed by atoms with Crippen molar-refractivity contribution in [1.82, 2.24) is 10.6 Å². The fourth-order valence-corrected chi connectivity index (χ4v) is 2.94. The van der Waals surface area contributed by atoms with Gasteiger partial charge in [0.15, 0.2) is 0 Å². The van der Waals surface area contributed by atoms with Crippen LogP contribution in [0.3, 0.4) is 0 Å². The lowest BCUT2D eigenvalue weighted by Gasteiger charge is -2.29. The molecule has 2 atom stereocenters. The zero-order chi connectivity index (χ0) is 15.9. The predicted molar refractivity (Wildman–Crippen MR) is 87.7 cm³/mol. The normalized spacial score (nSPS) is 21.2. The second kappa shape index (κ2) is 8.18. The van der Waals surface area contributed by atoms with Crippen molar-refractivity contribution in [2.24, 2.45) is 5.92 Å². The molecule has 0 unspecified atom stereocenters. The van der Waals surface area contributed by atoms with Gasteiger partial charge in [-0.3, -0.25) is 9.59 Å². The van der Waals surface area contributed by atoms with Crippen LogP contribution >= 0.6 is 11.6 Å². The van der Waals surface area contributed by atoms with Gasteiger partial charge >= 0.3 is 11.8 Å². The summed E-state index contributed by atoms with van der Waals surface area (Å²) in [5, 5.41) is 6.21. The summed E-state index contributed by atoms with van der Waals surface area (Å²) in [4.78, 5) is 23.7. The topological polar surface area (TPSA) is 58.2 Å². The summed E-state index contributed by atoms with van der Waals surface area (Å²) in [6.45, 7) is 2.57. The number of nitrogens with one attached hydrogen (secondary N) is 2. The molecule has 0 aliphatic heterocycles. The highest BCUT2D eigenvalue weighted by atomic mass is 35.5. The second-order valence-corrected chi connectivity index (χ2v) is 6.41. The predicted octanol–water partition coefficient (Wildman–Crippen LogP) is 2.69. The average Bonchev–Trinajstić information content (AvgIpc) is 2.51. The Morgan fingerprint density at radius 1 is 1.14 bits per heavy atom. The highest BCUT2D eigenvalue weighted by molar-refractivity contribution is 6.35. The molecule has 1 saturated carbocycles. The summed E-state index contributed by atoms with van der Waals surface area (Å²) in [5.41, 5.74) is 1.08. The molecule has 1 aromatic rings. The Labute approximate surface area is 136 Å². The molecule has 0 saturated heterocycles. The van der Waals surface area contributed by atoms with Crippen LogP contribution in [-0.2, 0) is 16.0 Å². The maximum absolute atomic E-state index is 11.9. The van der Waals surface area contributed by atoms with Gasteiger partial charge in [0.25, 0.3) is 0 Å². The maximum Gasteiger partial charge on any atom is 0.309 e. The fourth-order valence-electron chi connectivity index (χ4n) is 2.82. The van der Waals surface area contributed by atoms with E-state index in [1.165, 1.54) is 6.42 Å². The molecule has 0 spiro atoms. The van der Waals surface area contributed by atoms with E-state index in [4.69, 9.17) is 11.6 Å². The molecule has 1 aliphatic rings. The minimum atomic E-state index is -0.549. The van der Waals surface area contributed by atoms with Gasteiger partial charge < -0.3 is 10.6 Å². The van der Waals surface area contributed by atoms with Gasteiger partial charge in [-0.05, 0) is 42.9 Å². The first-order chi connectivity index (χ1) is 10.6. The van der Waals surface area contributed by atoms with Crippen LogP contribution in [0.5, 0.6) is 0 Å². The smallest absolute Gasteiger partial charge is 0.309 e. The number of hydrogen-bond acceptors (Lipinski definition) is 2. The molecule has 120 valence electrons. The van der Waals surface area contributed by atoms with Crippen molar-refractivity contribution in [2.75, 3.05) is 6.54 Å². The Morgan fingerprint density at radius 2 is 1.82 bits per heavy atom. The van der Waals surface area contributed by atoms with Crippen molar-refractivity contribution in [2.45, 2.75) is 45.1 Å². The third-order valence-electron chi connectivity index (χ3n) is 4.25. The summed E-state index contributed by atoms with van der Waals surface area (Å²) in [6, 6.07) is 7.59. The number of amides is 2. The van der Waals surface area contributed by atoms with Gasteiger partial charge in [0.1, 0.15) is 0 Å². The van der Waals surface area contributed by atoms with Crippen LogP contribution in [0, 0.1) is 5.92 Å². The molecule has 2 rings (SSSR count). The van der Waals surface area contributed by atoms with E-state index in [0.717, 1.165) is 24.8 Å². The second-order valence-electron chi connectivity index (χ2n) is 5.97. The van der Waals surface area contributed by atoms with Gasteiger partial charge in [0, 0.05) is 17.6 Å².